The highest BCUT2D eigenvalue weighted by Crippen LogP contribution is 2.46. The van der Waals surface area contributed by atoms with Crippen molar-refractivity contribution in [2.75, 3.05) is 4.90 Å². The molecule has 0 radical (unpaired) electrons. The van der Waals surface area contributed by atoms with Gasteiger partial charge in [0.25, 0.3) is 0 Å². The van der Waals surface area contributed by atoms with Crippen LogP contribution in [0.2, 0.25) is 0 Å². The lowest BCUT2D eigenvalue weighted by molar-refractivity contribution is 0.672. The standard InChI is InChI=1S/C42H27NO/c1-2-10-28(11-3-1)29-20-23-33(24-21-29)43(34-25-22-31-19-18-30-12-4-6-14-35(30)38(31)27-34)39-26-32-13-5-7-15-36(32)42-41(39)37-16-8-9-17-40(37)44-42/h1-27H. The van der Waals surface area contributed by atoms with Crippen LogP contribution in [0.4, 0.5) is 17.1 Å². The molecule has 0 aliphatic heterocycles. The fourth-order valence-electron chi connectivity index (χ4n) is 6.70. The Bertz CT molecular complexity index is 2490. The lowest BCUT2D eigenvalue weighted by Crippen LogP contribution is -2.10. The molecule has 206 valence electrons. The normalized spacial score (nSPS) is 11.6. The van der Waals surface area contributed by atoms with Gasteiger partial charge in [-0.3, -0.25) is 0 Å². The smallest absolute Gasteiger partial charge is 0.145 e. The number of para-hydroxylation sites is 1. The van der Waals surface area contributed by atoms with E-state index in [4.69, 9.17) is 4.42 Å². The largest absolute Gasteiger partial charge is 0.455 e. The van der Waals surface area contributed by atoms with E-state index in [0.717, 1.165) is 49.8 Å². The van der Waals surface area contributed by atoms with Crippen molar-refractivity contribution in [2.24, 2.45) is 0 Å². The van der Waals surface area contributed by atoms with Gasteiger partial charge in [-0.1, -0.05) is 127 Å². The van der Waals surface area contributed by atoms with E-state index in [0.29, 0.717) is 0 Å². The summed E-state index contributed by atoms with van der Waals surface area (Å²) in [7, 11) is 0. The Kier molecular flexibility index (Phi) is 5.54. The quantitative estimate of drug-likeness (QED) is 0.199. The Balaban J connectivity index is 1.36. The molecule has 9 rings (SSSR count). The second-order valence-electron chi connectivity index (χ2n) is 11.4. The minimum absolute atomic E-state index is 0.893. The summed E-state index contributed by atoms with van der Waals surface area (Å²) < 4.78 is 6.61. The Morgan fingerprint density at radius 1 is 0.386 bits per heavy atom. The average molecular weight is 562 g/mol. The maximum Gasteiger partial charge on any atom is 0.145 e. The fraction of sp³-hybridized carbons (Fsp3) is 0. The third-order valence-corrected chi connectivity index (χ3v) is 8.81. The van der Waals surface area contributed by atoms with Gasteiger partial charge in [0.2, 0.25) is 0 Å². The molecule has 0 amide bonds. The molecule has 0 unspecified atom stereocenters. The van der Waals surface area contributed by atoms with E-state index in [1.54, 1.807) is 0 Å². The highest BCUT2D eigenvalue weighted by atomic mass is 16.3. The third kappa shape index (κ3) is 3.89. The van der Waals surface area contributed by atoms with Gasteiger partial charge in [-0.05, 0) is 74.5 Å². The van der Waals surface area contributed by atoms with Crippen LogP contribution in [0.3, 0.4) is 0 Å². The second-order valence-corrected chi connectivity index (χ2v) is 11.4. The molecule has 0 saturated heterocycles. The number of anilines is 3. The molecule has 0 fully saturated rings. The van der Waals surface area contributed by atoms with Gasteiger partial charge in [0.1, 0.15) is 11.2 Å². The molecule has 0 N–H and O–H groups in total. The van der Waals surface area contributed by atoms with E-state index < -0.39 is 0 Å². The van der Waals surface area contributed by atoms with Gasteiger partial charge < -0.3 is 9.32 Å². The predicted octanol–water partition coefficient (Wildman–Crippen LogP) is 12.2. The maximum absolute atomic E-state index is 6.61. The number of hydrogen-bond acceptors (Lipinski definition) is 2. The van der Waals surface area contributed by atoms with Gasteiger partial charge in [-0.15, -0.1) is 0 Å². The van der Waals surface area contributed by atoms with Crippen LogP contribution in [-0.2, 0) is 0 Å². The van der Waals surface area contributed by atoms with Crippen molar-refractivity contribution < 1.29 is 4.42 Å². The number of fused-ring (bicyclic) bond motifs is 8. The summed E-state index contributed by atoms with van der Waals surface area (Å²) in [5, 5.41) is 9.45. The summed E-state index contributed by atoms with van der Waals surface area (Å²) in [6.07, 6.45) is 0. The monoisotopic (exact) mass is 561 g/mol. The topological polar surface area (TPSA) is 16.4 Å². The van der Waals surface area contributed by atoms with E-state index >= 15 is 0 Å². The fourth-order valence-corrected chi connectivity index (χ4v) is 6.70. The highest BCUT2D eigenvalue weighted by molar-refractivity contribution is 6.22. The van der Waals surface area contributed by atoms with Crippen LogP contribution in [0, 0.1) is 0 Å². The Hall–Kier alpha value is -5.86. The molecule has 2 heteroatoms. The predicted molar refractivity (Wildman–Crippen MR) is 186 cm³/mol. The van der Waals surface area contributed by atoms with Gasteiger partial charge in [0.05, 0.1) is 11.1 Å². The maximum atomic E-state index is 6.61. The van der Waals surface area contributed by atoms with E-state index in [9.17, 15) is 0 Å². The molecule has 8 aromatic carbocycles. The van der Waals surface area contributed by atoms with Crippen LogP contribution in [0.15, 0.2) is 168 Å². The molecule has 44 heavy (non-hydrogen) atoms. The van der Waals surface area contributed by atoms with Gasteiger partial charge in [0.15, 0.2) is 0 Å². The minimum atomic E-state index is 0.893. The second kappa shape index (κ2) is 9.86. The van der Waals surface area contributed by atoms with Crippen LogP contribution in [-0.4, -0.2) is 0 Å². The molecule has 1 heterocycles. The number of rotatable bonds is 4. The summed E-state index contributed by atoms with van der Waals surface area (Å²) in [6, 6.07) is 58.6. The zero-order valence-corrected chi connectivity index (χ0v) is 23.9. The van der Waals surface area contributed by atoms with Gasteiger partial charge in [0, 0.05) is 22.1 Å². The van der Waals surface area contributed by atoms with Gasteiger partial charge >= 0.3 is 0 Å². The number of hydrogen-bond donors (Lipinski definition) is 0. The van der Waals surface area contributed by atoms with Gasteiger partial charge in [-0.2, -0.15) is 0 Å². The van der Waals surface area contributed by atoms with Gasteiger partial charge in [-0.25, -0.2) is 0 Å². The molecule has 2 nitrogen and oxygen atoms in total. The molecule has 9 aromatic rings. The Labute approximate surface area is 255 Å². The summed E-state index contributed by atoms with van der Waals surface area (Å²) in [6.45, 7) is 0. The molecule has 0 aliphatic carbocycles. The molecular formula is C42H27NO. The Morgan fingerprint density at radius 3 is 1.80 bits per heavy atom. The molecule has 0 bridgehead atoms. The summed E-state index contributed by atoms with van der Waals surface area (Å²) >= 11 is 0. The molecular weight excluding hydrogens is 534 g/mol. The van der Waals surface area contributed by atoms with Crippen molar-refractivity contribution in [3.05, 3.63) is 164 Å². The molecule has 0 atom stereocenters. The third-order valence-electron chi connectivity index (χ3n) is 8.81. The SMILES string of the molecule is c1ccc(-c2ccc(N(c3ccc4ccc5ccccc5c4c3)c3cc4ccccc4c4oc5ccccc5c34)cc2)cc1. The van der Waals surface area contributed by atoms with E-state index in [-0.39, 0.29) is 0 Å². The molecule has 0 spiro atoms. The lowest BCUT2D eigenvalue weighted by atomic mass is 9.99. The van der Waals surface area contributed by atoms with Crippen LogP contribution in [0.5, 0.6) is 0 Å². The number of furan rings is 1. The molecule has 0 saturated carbocycles. The zero-order chi connectivity index (χ0) is 29.0. The van der Waals surface area contributed by atoms with Crippen molar-refractivity contribution in [3.63, 3.8) is 0 Å². The van der Waals surface area contributed by atoms with E-state index in [1.165, 1.54) is 32.7 Å². The van der Waals surface area contributed by atoms with Crippen LogP contribution < -0.4 is 4.90 Å². The van der Waals surface area contributed by atoms with Crippen molar-refractivity contribution in [2.45, 2.75) is 0 Å². The Morgan fingerprint density at radius 2 is 0.977 bits per heavy atom. The summed E-state index contributed by atoms with van der Waals surface area (Å²) in [4.78, 5) is 2.40. The zero-order valence-electron chi connectivity index (χ0n) is 23.9. The first-order chi connectivity index (χ1) is 21.8. The van der Waals surface area contributed by atoms with E-state index in [1.807, 2.05) is 6.07 Å². The first kappa shape index (κ1) is 24.7. The minimum Gasteiger partial charge on any atom is -0.455 e. The lowest BCUT2D eigenvalue weighted by Gasteiger charge is -2.27. The number of benzene rings is 8. The van der Waals surface area contributed by atoms with Crippen molar-refractivity contribution in [3.8, 4) is 11.1 Å². The molecule has 0 aliphatic rings. The van der Waals surface area contributed by atoms with E-state index in [2.05, 4.69) is 163 Å². The van der Waals surface area contributed by atoms with Crippen LogP contribution in [0.25, 0.3) is 65.4 Å². The summed E-state index contributed by atoms with van der Waals surface area (Å²) in [5.41, 5.74) is 7.48. The first-order valence-corrected chi connectivity index (χ1v) is 15.0. The average Bonchev–Trinajstić information content (AvgIpc) is 3.49. The highest BCUT2D eigenvalue weighted by Gasteiger charge is 2.22. The van der Waals surface area contributed by atoms with Crippen LogP contribution in [0.1, 0.15) is 0 Å². The molecule has 1 aromatic heterocycles. The van der Waals surface area contributed by atoms with Crippen molar-refractivity contribution in [1.82, 2.24) is 0 Å². The number of nitrogens with zero attached hydrogens (tertiary/aromatic N) is 1. The van der Waals surface area contributed by atoms with Crippen LogP contribution >= 0.6 is 0 Å². The van der Waals surface area contributed by atoms with Crippen molar-refractivity contribution in [1.29, 1.82) is 0 Å². The van der Waals surface area contributed by atoms with Crippen molar-refractivity contribution >= 4 is 71.3 Å². The summed E-state index contributed by atoms with van der Waals surface area (Å²) in [5.74, 6) is 0. The first-order valence-electron chi connectivity index (χ1n) is 15.0.